The van der Waals surface area contributed by atoms with E-state index in [0.717, 1.165) is 51.2 Å². The number of hydrogen-bond donors (Lipinski definition) is 2. The summed E-state index contributed by atoms with van der Waals surface area (Å²) in [4.78, 5) is 22.9. The van der Waals surface area contributed by atoms with Gasteiger partial charge in [-0.05, 0) is 88.7 Å². The fraction of sp³-hybridized carbons (Fsp3) is 0.250. The Morgan fingerprint density at radius 2 is 1.57 bits per heavy atom. The Labute approximate surface area is 286 Å². The van der Waals surface area contributed by atoms with Crippen molar-refractivity contribution >= 4 is 48.3 Å². The largest absolute Gasteiger partial charge is 0.492 e. The van der Waals surface area contributed by atoms with Gasteiger partial charge in [-0.3, -0.25) is 9.52 Å². The van der Waals surface area contributed by atoms with Gasteiger partial charge in [-0.25, -0.2) is 18.4 Å². The molecule has 1 aromatic heterocycles. The van der Waals surface area contributed by atoms with Crippen LogP contribution in [0.5, 0.6) is 11.5 Å². The standard InChI is InChI=1S/C36H38N4O7S2/c1-22-8-11-25(35(41)39-31-19-27(36(2,3)4)20-32(34(31)46-5)40-48(6,42)43)18-29(22)24-12-15-30-26(17-24)21-37-33(38-30)16-23-9-13-28(14-10-23)47-49(7,44)45/h8-15,17-21,40H,16H2,1-7H3,(H,39,41). The van der Waals surface area contributed by atoms with Gasteiger partial charge in [-0.1, -0.05) is 45.0 Å². The second kappa shape index (κ2) is 13.5. The Bertz CT molecular complexity index is 2280. The van der Waals surface area contributed by atoms with Crippen LogP contribution in [0.15, 0.2) is 79.0 Å². The van der Waals surface area contributed by atoms with Gasteiger partial charge in [0.2, 0.25) is 10.0 Å². The topological polar surface area (TPSA) is 154 Å². The quantitative estimate of drug-likeness (QED) is 0.156. The predicted molar refractivity (Wildman–Crippen MR) is 193 cm³/mol. The monoisotopic (exact) mass is 702 g/mol. The SMILES string of the molecule is COc1c(NC(=O)c2ccc(C)c(-c3ccc4nc(Cc5ccc(OS(C)(=O)=O)cc5)ncc4c3)c2)cc(C(C)(C)C)cc1NS(C)(=O)=O. The molecule has 0 bridgehead atoms. The highest BCUT2D eigenvalue weighted by molar-refractivity contribution is 7.92. The number of methoxy groups -OCH3 is 1. The Balaban J connectivity index is 1.40. The number of hydrogen-bond acceptors (Lipinski definition) is 9. The number of sulfonamides is 1. The second-order valence-electron chi connectivity index (χ2n) is 12.9. The number of aryl methyl sites for hydroxylation is 1. The molecular weight excluding hydrogens is 665 g/mol. The molecule has 49 heavy (non-hydrogen) atoms. The minimum absolute atomic E-state index is 0.200. The molecule has 0 spiro atoms. The Morgan fingerprint density at radius 3 is 2.20 bits per heavy atom. The number of nitrogens with one attached hydrogen (secondary N) is 2. The molecule has 13 heteroatoms. The van der Waals surface area contributed by atoms with Gasteiger partial charge in [0, 0.05) is 23.6 Å². The summed E-state index contributed by atoms with van der Waals surface area (Å²) < 4.78 is 60.0. The van der Waals surface area contributed by atoms with Gasteiger partial charge < -0.3 is 14.2 Å². The molecule has 0 atom stereocenters. The first-order valence-electron chi connectivity index (χ1n) is 15.3. The molecule has 0 saturated heterocycles. The fourth-order valence-electron chi connectivity index (χ4n) is 5.26. The molecule has 5 aromatic rings. The average molecular weight is 703 g/mol. The van der Waals surface area contributed by atoms with Crippen LogP contribution in [0.2, 0.25) is 0 Å². The summed E-state index contributed by atoms with van der Waals surface area (Å²) in [6.07, 6.45) is 4.25. The molecule has 0 saturated carbocycles. The van der Waals surface area contributed by atoms with Crippen LogP contribution in [-0.4, -0.2) is 52.3 Å². The van der Waals surface area contributed by atoms with Crippen LogP contribution in [0.25, 0.3) is 22.0 Å². The van der Waals surface area contributed by atoms with Gasteiger partial charge in [-0.15, -0.1) is 0 Å². The third-order valence-corrected chi connectivity index (χ3v) is 8.76. The number of benzene rings is 4. The summed E-state index contributed by atoms with van der Waals surface area (Å²) in [7, 11) is -5.81. The normalized spacial score (nSPS) is 12.1. The van der Waals surface area contributed by atoms with Crippen molar-refractivity contribution in [2.45, 2.75) is 39.5 Å². The van der Waals surface area contributed by atoms with Gasteiger partial charge in [0.25, 0.3) is 5.91 Å². The smallest absolute Gasteiger partial charge is 0.306 e. The zero-order valence-electron chi connectivity index (χ0n) is 28.3. The molecule has 0 fully saturated rings. The van der Waals surface area contributed by atoms with Crippen molar-refractivity contribution in [2.75, 3.05) is 29.7 Å². The Hall–Kier alpha value is -5.01. The van der Waals surface area contributed by atoms with Crippen molar-refractivity contribution in [1.29, 1.82) is 0 Å². The number of carbonyl (C=O) groups excluding carboxylic acids is 1. The predicted octanol–water partition coefficient (Wildman–Crippen LogP) is 6.46. The summed E-state index contributed by atoms with van der Waals surface area (Å²) in [5.74, 6) is 0.653. The van der Waals surface area contributed by atoms with Crippen LogP contribution >= 0.6 is 0 Å². The van der Waals surface area contributed by atoms with Gasteiger partial charge in [0.15, 0.2) is 5.75 Å². The lowest BCUT2D eigenvalue weighted by Gasteiger charge is -2.24. The van der Waals surface area contributed by atoms with E-state index in [-0.39, 0.29) is 28.5 Å². The maximum atomic E-state index is 13.7. The van der Waals surface area contributed by atoms with Crippen molar-refractivity contribution in [3.8, 4) is 22.6 Å². The van der Waals surface area contributed by atoms with Crippen molar-refractivity contribution in [1.82, 2.24) is 9.97 Å². The summed E-state index contributed by atoms with van der Waals surface area (Å²) >= 11 is 0. The third-order valence-electron chi connectivity index (χ3n) is 7.68. The summed E-state index contributed by atoms with van der Waals surface area (Å²) in [5, 5.41) is 3.75. The summed E-state index contributed by atoms with van der Waals surface area (Å²) in [6.45, 7) is 7.94. The number of nitrogens with zero attached hydrogens (tertiary/aromatic N) is 2. The van der Waals surface area contributed by atoms with Crippen molar-refractivity contribution in [3.05, 3.63) is 107 Å². The van der Waals surface area contributed by atoms with Crippen molar-refractivity contribution in [3.63, 3.8) is 0 Å². The molecule has 1 amide bonds. The van der Waals surface area contributed by atoms with Crippen LogP contribution in [-0.2, 0) is 32.0 Å². The van der Waals surface area contributed by atoms with Gasteiger partial charge in [0.05, 0.1) is 36.5 Å². The zero-order valence-corrected chi connectivity index (χ0v) is 29.9. The number of ether oxygens (including phenoxy) is 1. The number of carbonyl (C=O) groups is 1. The number of amides is 1. The summed E-state index contributed by atoms with van der Waals surface area (Å²) in [5.41, 5.74) is 5.77. The molecule has 0 aliphatic rings. The maximum absolute atomic E-state index is 13.7. The van der Waals surface area contributed by atoms with Gasteiger partial charge in [0.1, 0.15) is 11.6 Å². The van der Waals surface area contributed by atoms with Crippen molar-refractivity contribution < 1.29 is 30.6 Å². The van der Waals surface area contributed by atoms with E-state index < -0.39 is 20.1 Å². The number of anilines is 2. The number of aromatic nitrogens is 2. The fourth-order valence-corrected chi connectivity index (χ4v) is 6.28. The highest BCUT2D eigenvalue weighted by Gasteiger charge is 2.23. The first-order chi connectivity index (χ1) is 22.9. The van der Waals surface area contributed by atoms with Gasteiger partial charge in [-0.2, -0.15) is 8.42 Å². The highest BCUT2D eigenvalue weighted by Crippen LogP contribution is 2.39. The third kappa shape index (κ3) is 8.92. The van der Waals surface area contributed by atoms with Crippen LogP contribution in [0.4, 0.5) is 11.4 Å². The van der Waals surface area contributed by atoms with E-state index in [2.05, 4.69) is 15.0 Å². The molecule has 11 nitrogen and oxygen atoms in total. The number of rotatable bonds is 10. The Morgan fingerprint density at radius 1 is 0.878 bits per heavy atom. The van der Waals surface area contributed by atoms with E-state index >= 15 is 0 Å². The molecular formula is C36H38N4O7S2. The van der Waals surface area contributed by atoms with Crippen LogP contribution in [0.1, 0.15) is 53.6 Å². The van der Waals surface area contributed by atoms with Gasteiger partial charge >= 0.3 is 10.1 Å². The van der Waals surface area contributed by atoms with E-state index in [9.17, 15) is 21.6 Å². The molecule has 0 unspecified atom stereocenters. The second-order valence-corrected chi connectivity index (χ2v) is 16.2. The lowest BCUT2D eigenvalue weighted by Crippen LogP contribution is -2.18. The maximum Gasteiger partial charge on any atom is 0.306 e. The van der Waals surface area contributed by atoms with E-state index in [0.29, 0.717) is 23.5 Å². The number of fused-ring (bicyclic) bond motifs is 1. The average Bonchev–Trinajstić information content (AvgIpc) is 3.00. The highest BCUT2D eigenvalue weighted by atomic mass is 32.2. The molecule has 0 radical (unpaired) electrons. The molecule has 2 N–H and O–H groups in total. The van der Waals surface area contributed by atoms with Crippen LogP contribution in [0, 0.1) is 6.92 Å². The van der Waals surface area contributed by atoms with E-state index in [4.69, 9.17) is 13.9 Å². The molecule has 1 heterocycles. The molecule has 256 valence electrons. The van der Waals surface area contributed by atoms with E-state index in [1.54, 1.807) is 48.7 Å². The first kappa shape index (κ1) is 35.3. The van der Waals surface area contributed by atoms with Crippen LogP contribution < -0.4 is 19.0 Å². The van der Waals surface area contributed by atoms with E-state index in [1.807, 2.05) is 58.0 Å². The van der Waals surface area contributed by atoms with Crippen LogP contribution in [0.3, 0.4) is 0 Å². The van der Waals surface area contributed by atoms with Crippen molar-refractivity contribution in [2.24, 2.45) is 0 Å². The minimum atomic E-state index is -3.62. The Kier molecular flexibility index (Phi) is 9.71. The molecule has 0 aliphatic heterocycles. The lowest BCUT2D eigenvalue weighted by atomic mass is 9.86. The lowest BCUT2D eigenvalue weighted by molar-refractivity contribution is 0.102. The van der Waals surface area contributed by atoms with E-state index in [1.165, 1.54) is 7.11 Å². The summed E-state index contributed by atoms with van der Waals surface area (Å²) in [6, 6.07) is 21.5. The molecule has 0 aliphatic carbocycles. The first-order valence-corrected chi connectivity index (χ1v) is 19.0. The molecule has 4 aromatic carbocycles. The minimum Gasteiger partial charge on any atom is -0.492 e. The molecule has 5 rings (SSSR count). The zero-order chi connectivity index (χ0) is 35.7.